The van der Waals surface area contributed by atoms with Crippen molar-refractivity contribution in [1.82, 2.24) is 0 Å². The molecule has 5 aromatic rings. The van der Waals surface area contributed by atoms with E-state index in [1.165, 1.54) is 0 Å². The summed E-state index contributed by atoms with van der Waals surface area (Å²) in [7, 11) is 0. The van der Waals surface area contributed by atoms with E-state index in [0.717, 1.165) is 27.5 Å². The number of benzene rings is 5. The van der Waals surface area contributed by atoms with Gasteiger partial charge in [-0.1, -0.05) is 84.9 Å². The fourth-order valence-electron chi connectivity index (χ4n) is 4.89. The molecule has 0 aromatic heterocycles. The molecule has 1 amide bonds. The van der Waals surface area contributed by atoms with Gasteiger partial charge in [-0.15, -0.1) is 0 Å². The molecule has 202 valence electrons. The van der Waals surface area contributed by atoms with Crippen molar-refractivity contribution in [2.24, 2.45) is 0 Å². The van der Waals surface area contributed by atoms with Gasteiger partial charge in [0.15, 0.2) is 5.69 Å². The molecular formula is C35H28N2O4. The van der Waals surface area contributed by atoms with E-state index in [9.17, 15) is 14.7 Å². The van der Waals surface area contributed by atoms with Gasteiger partial charge in [0.25, 0.3) is 0 Å². The summed E-state index contributed by atoms with van der Waals surface area (Å²) in [5, 5.41) is 14.9. The molecule has 0 saturated carbocycles. The predicted octanol–water partition coefficient (Wildman–Crippen LogP) is 8.00. The van der Waals surface area contributed by atoms with E-state index in [0.29, 0.717) is 29.1 Å². The zero-order chi connectivity index (χ0) is 28.8. The maximum atomic E-state index is 13.6. The van der Waals surface area contributed by atoms with Crippen LogP contribution in [0.5, 0.6) is 5.75 Å². The number of carbonyl (C=O) groups is 2. The van der Waals surface area contributed by atoms with Crippen molar-refractivity contribution in [3.8, 4) is 5.75 Å². The third-order valence-corrected chi connectivity index (χ3v) is 7.10. The largest absolute Gasteiger partial charge is 0.490 e. The number of carboxylic acid groups (broad SMARTS) is 1. The van der Waals surface area contributed by atoms with Crippen molar-refractivity contribution < 1.29 is 19.4 Å². The second-order valence-electron chi connectivity index (χ2n) is 9.81. The number of nitrogens with zero attached hydrogens (tertiary/aromatic N) is 1. The topological polar surface area (TPSA) is 80.0 Å². The molecule has 0 fully saturated rings. The third kappa shape index (κ3) is 6.26. The van der Waals surface area contributed by atoms with Crippen molar-refractivity contribution in [3.63, 3.8) is 0 Å². The molecule has 0 radical (unpaired) electrons. The average molecular weight is 541 g/mol. The first-order valence-electron chi connectivity index (χ1n) is 13.2. The molecule has 41 heavy (non-hydrogen) atoms. The van der Waals surface area contributed by atoms with Crippen molar-refractivity contribution >= 4 is 34.0 Å². The monoisotopic (exact) mass is 540 g/mol. The second kappa shape index (κ2) is 12.2. The number of ether oxygens (including phenoxy) is 1. The lowest BCUT2D eigenvalue weighted by atomic mass is 9.93. The summed E-state index contributed by atoms with van der Waals surface area (Å²) in [6.45, 7) is 9.34. The van der Waals surface area contributed by atoms with Crippen LogP contribution in [0.2, 0.25) is 0 Å². The van der Waals surface area contributed by atoms with E-state index in [1.54, 1.807) is 42.5 Å². The Morgan fingerprint density at radius 2 is 1.63 bits per heavy atom. The zero-order valence-corrected chi connectivity index (χ0v) is 22.5. The molecule has 5 rings (SSSR count). The number of rotatable bonds is 9. The summed E-state index contributed by atoms with van der Waals surface area (Å²) >= 11 is 0. The van der Waals surface area contributed by atoms with Crippen LogP contribution in [0.15, 0.2) is 109 Å². The van der Waals surface area contributed by atoms with Gasteiger partial charge in [0.2, 0.25) is 5.91 Å². The van der Waals surface area contributed by atoms with Crippen LogP contribution in [0.3, 0.4) is 0 Å². The lowest BCUT2D eigenvalue weighted by Crippen LogP contribution is -2.20. The standard InChI is InChI=1S/C35H28N2O4/c1-23(30-16-7-11-25-9-3-5-14-31(25)30)34(38)37-33-19-24(22-41-29-13-8-12-28(21-29)36-2)17-18-27(33)20-26-10-4-6-15-32(26)35(39)40/h3-19,21,23H,20,22H2,1H3,(H,37,38)(H,39,40). The molecule has 1 atom stereocenters. The molecule has 0 aliphatic rings. The molecule has 0 saturated heterocycles. The summed E-state index contributed by atoms with van der Waals surface area (Å²) in [5.41, 5.74) is 4.50. The minimum absolute atomic E-state index is 0.169. The first-order valence-corrected chi connectivity index (χ1v) is 13.2. The number of nitrogens with one attached hydrogen (secondary N) is 1. The van der Waals surface area contributed by atoms with Crippen LogP contribution >= 0.6 is 0 Å². The van der Waals surface area contributed by atoms with Gasteiger partial charge in [-0.05, 0) is 64.2 Å². The molecular weight excluding hydrogens is 512 g/mol. The first-order chi connectivity index (χ1) is 19.9. The minimum atomic E-state index is -0.998. The van der Waals surface area contributed by atoms with Gasteiger partial charge in [0, 0.05) is 12.1 Å². The van der Waals surface area contributed by atoms with Crippen LogP contribution in [0.25, 0.3) is 15.6 Å². The minimum Gasteiger partial charge on any atom is -0.490 e. The number of amides is 1. The Kier molecular flexibility index (Phi) is 8.08. The number of carboxylic acids is 1. The number of hydrogen-bond acceptors (Lipinski definition) is 3. The van der Waals surface area contributed by atoms with Gasteiger partial charge in [0.1, 0.15) is 12.4 Å². The van der Waals surface area contributed by atoms with Gasteiger partial charge in [-0.2, -0.15) is 0 Å². The first kappa shape index (κ1) is 27.2. The van der Waals surface area contributed by atoms with Gasteiger partial charge in [0.05, 0.1) is 18.1 Å². The summed E-state index contributed by atoms with van der Waals surface area (Å²) < 4.78 is 5.93. The molecule has 0 aliphatic carbocycles. The molecule has 0 bridgehead atoms. The third-order valence-electron chi connectivity index (χ3n) is 7.10. The number of anilines is 1. The molecule has 6 nitrogen and oxygen atoms in total. The summed E-state index contributed by atoms with van der Waals surface area (Å²) in [4.78, 5) is 28.9. The molecule has 5 aromatic carbocycles. The van der Waals surface area contributed by atoms with Crippen LogP contribution in [0, 0.1) is 6.57 Å². The normalized spacial score (nSPS) is 11.4. The highest BCUT2D eigenvalue weighted by molar-refractivity contribution is 6.00. The summed E-state index contributed by atoms with van der Waals surface area (Å²) in [6, 6.07) is 33.4. The smallest absolute Gasteiger partial charge is 0.335 e. The number of aromatic carboxylic acids is 1. The van der Waals surface area contributed by atoms with Crippen LogP contribution < -0.4 is 10.1 Å². The number of hydrogen-bond donors (Lipinski definition) is 2. The van der Waals surface area contributed by atoms with Gasteiger partial charge in [-0.25, -0.2) is 9.64 Å². The Labute approximate surface area is 238 Å². The Balaban J connectivity index is 1.45. The van der Waals surface area contributed by atoms with Gasteiger partial charge in [-0.3, -0.25) is 4.79 Å². The van der Waals surface area contributed by atoms with Crippen LogP contribution in [0.1, 0.15) is 45.5 Å². The van der Waals surface area contributed by atoms with E-state index in [2.05, 4.69) is 10.2 Å². The highest BCUT2D eigenvalue weighted by Crippen LogP contribution is 2.29. The SMILES string of the molecule is [C-]#[N+]c1cccc(OCc2ccc(Cc3ccccc3C(=O)O)c(NC(=O)C(C)c3cccc4ccccc34)c2)c1. The van der Waals surface area contributed by atoms with Crippen LogP contribution in [-0.2, 0) is 17.8 Å². The Morgan fingerprint density at radius 1 is 0.878 bits per heavy atom. The summed E-state index contributed by atoms with van der Waals surface area (Å²) in [5.74, 6) is -1.02. The van der Waals surface area contributed by atoms with Gasteiger partial charge < -0.3 is 15.2 Å². The van der Waals surface area contributed by atoms with Crippen LogP contribution in [0.4, 0.5) is 11.4 Å². The van der Waals surface area contributed by atoms with Crippen molar-refractivity contribution in [1.29, 1.82) is 0 Å². The summed E-state index contributed by atoms with van der Waals surface area (Å²) in [6.07, 6.45) is 0.328. The number of carbonyl (C=O) groups excluding carboxylic acids is 1. The van der Waals surface area contributed by atoms with Crippen molar-refractivity contribution in [3.05, 3.63) is 148 Å². The molecule has 0 spiro atoms. The Bertz CT molecular complexity index is 1780. The lowest BCUT2D eigenvalue weighted by molar-refractivity contribution is -0.117. The highest BCUT2D eigenvalue weighted by atomic mass is 16.5. The molecule has 0 aliphatic heterocycles. The van der Waals surface area contributed by atoms with Gasteiger partial charge >= 0.3 is 5.97 Å². The maximum Gasteiger partial charge on any atom is 0.335 e. The van der Waals surface area contributed by atoms with E-state index >= 15 is 0 Å². The van der Waals surface area contributed by atoms with E-state index < -0.39 is 11.9 Å². The number of fused-ring (bicyclic) bond motifs is 1. The Morgan fingerprint density at radius 3 is 2.46 bits per heavy atom. The molecule has 6 heteroatoms. The fourth-order valence-corrected chi connectivity index (χ4v) is 4.89. The van der Waals surface area contributed by atoms with E-state index in [-0.39, 0.29) is 18.1 Å². The molecule has 1 unspecified atom stereocenters. The molecule has 0 heterocycles. The fraction of sp³-hybridized carbons (Fsp3) is 0.114. The quantitative estimate of drug-likeness (QED) is 0.186. The average Bonchev–Trinajstić information content (AvgIpc) is 3.00. The lowest BCUT2D eigenvalue weighted by Gasteiger charge is -2.18. The van der Waals surface area contributed by atoms with Crippen molar-refractivity contribution in [2.75, 3.05) is 5.32 Å². The van der Waals surface area contributed by atoms with E-state index in [4.69, 9.17) is 11.3 Å². The predicted molar refractivity (Wildman–Crippen MR) is 161 cm³/mol. The molecule has 2 N–H and O–H groups in total. The van der Waals surface area contributed by atoms with Crippen LogP contribution in [-0.4, -0.2) is 17.0 Å². The van der Waals surface area contributed by atoms with Crippen molar-refractivity contribution in [2.45, 2.75) is 25.9 Å². The highest BCUT2D eigenvalue weighted by Gasteiger charge is 2.20. The second-order valence-corrected chi connectivity index (χ2v) is 9.81. The zero-order valence-electron chi connectivity index (χ0n) is 22.5. The van der Waals surface area contributed by atoms with E-state index in [1.807, 2.05) is 73.7 Å². The maximum absolute atomic E-state index is 13.6. The Hall–Kier alpha value is -5.41.